The average molecular weight is 239 g/mol. The lowest BCUT2D eigenvalue weighted by molar-refractivity contribution is 0.161. The molecule has 0 spiro atoms. The first-order valence-electron chi connectivity index (χ1n) is 6.96. The summed E-state index contributed by atoms with van der Waals surface area (Å²) in [5, 5.41) is 2.98. The molecule has 1 N–H and O–H groups in total. The largest absolute Gasteiger partial charge is 0.336 e. The number of rotatable bonds is 2. The number of nitrogens with one attached hydrogen (secondary N) is 1. The van der Waals surface area contributed by atoms with E-state index >= 15 is 0 Å². The number of likely N-dealkylation sites (tertiary alicyclic amines) is 2. The monoisotopic (exact) mass is 239 g/mol. The van der Waals surface area contributed by atoms with Gasteiger partial charge in [-0.2, -0.15) is 0 Å². The zero-order chi connectivity index (χ0) is 12.3. The van der Waals surface area contributed by atoms with Crippen LogP contribution in [-0.4, -0.2) is 54.1 Å². The lowest BCUT2D eigenvalue weighted by Gasteiger charge is -2.32. The van der Waals surface area contributed by atoms with E-state index < -0.39 is 0 Å². The Hall–Kier alpha value is -0.770. The number of carbonyl (C=O) groups excluding carboxylic acids is 1. The molecule has 98 valence electrons. The lowest BCUT2D eigenvalue weighted by atomic mass is 10.1. The summed E-state index contributed by atoms with van der Waals surface area (Å²) in [6.45, 7) is 8.30. The number of carbonyl (C=O) groups is 1. The summed E-state index contributed by atoms with van der Waals surface area (Å²) in [5.74, 6) is 0. The molecule has 2 saturated heterocycles. The van der Waals surface area contributed by atoms with Gasteiger partial charge >= 0.3 is 6.03 Å². The minimum atomic E-state index is 0.111. The van der Waals surface area contributed by atoms with E-state index in [-0.39, 0.29) is 12.1 Å². The van der Waals surface area contributed by atoms with Crippen LogP contribution in [0.1, 0.15) is 39.5 Å². The van der Waals surface area contributed by atoms with Gasteiger partial charge in [0.25, 0.3) is 0 Å². The Morgan fingerprint density at radius 3 is 2.53 bits per heavy atom. The zero-order valence-electron chi connectivity index (χ0n) is 11.1. The molecule has 0 aliphatic carbocycles. The van der Waals surface area contributed by atoms with Crippen LogP contribution in [0.25, 0.3) is 0 Å². The van der Waals surface area contributed by atoms with Crippen molar-refractivity contribution in [2.24, 2.45) is 0 Å². The summed E-state index contributed by atoms with van der Waals surface area (Å²) in [4.78, 5) is 16.4. The van der Waals surface area contributed by atoms with E-state index in [0.29, 0.717) is 6.04 Å². The third-order valence-corrected chi connectivity index (χ3v) is 3.77. The van der Waals surface area contributed by atoms with E-state index in [0.717, 1.165) is 19.5 Å². The van der Waals surface area contributed by atoms with E-state index in [1.165, 1.54) is 32.4 Å². The third-order valence-electron chi connectivity index (χ3n) is 3.77. The van der Waals surface area contributed by atoms with Gasteiger partial charge in [0.15, 0.2) is 0 Å². The fourth-order valence-corrected chi connectivity index (χ4v) is 2.85. The van der Waals surface area contributed by atoms with Crippen LogP contribution >= 0.6 is 0 Å². The van der Waals surface area contributed by atoms with Gasteiger partial charge in [-0.15, -0.1) is 0 Å². The van der Waals surface area contributed by atoms with Gasteiger partial charge in [0.2, 0.25) is 0 Å². The van der Waals surface area contributed by atoms with Gasteiger partial charge in [0.1, 0.15) is 0 Å². The molecule has 2 rings (SSSR count). The van der Waals surface area contributed by atoms with Gasteiger partial charge in [-0.1, -0.05) is 6.42 Å². The average Bonchev–Trinajstić information content (AvgIpc) is 2.78. The lowest BCUT2D eigenvalue weighted by Crippen LogP contribution is -2.45. The van der Waals surface area contributed by atoms with Crippen molar-refractivity contribution in [3.63, 3.8) is 0 Å². The number of nitrogens with zero attached hydrogens (tertiary/aromatic N) is 2. The minimum Gasteiger partial charge on any atom is -0.336 e. The molecule has 0 bridgehead atoms. The van der Waals surface area contributed by atoms with Crippen molar-refractivity contribution in [2.45, 2.75) is 51.6 Å². The first kappa shape index (κ1) is 12.7. The second-order valence-electron chi connectivity index (χ2n) is 5.59. The molecule has 2 fully saturated rings. The number of hydrogen-bond donors (Lipinski definition) is 1. The topological polar surface area (TPSA) is 35.6 Å². The maximum absolute atomic E-state index is 11.9. The fraction of sp³-hybridized carbons (Fsp3) is 0.923. The van der Waals surface area contributed by atoms with Crippen LogP contribution in [0.5, 0.6) is 0 Å². The Morgan fingerprint density at radius 2 is 1.88 bits per heavy atom. The number of amides is 2. The number of piperidine rings is 1. The van der Waals surface area contributed by atoms with Crippen LogP contribution in [-0.2, 0) is 0 Å². The summed E-state index contributed by atoms with van der Waals surface area (Å²) in [7, 11) is 0. The van der Waals surface area contributed by atoms with Gasteiger partial charge in [-0.05, 0) is 46.2 Å². The van der Waals surface area contributed by atoms with Crippen LogP contribution in [0.3, 0.4) is 0 Å². The summed E-state index contributed by atoms with van der Waals surface area (Å²) >= 11 is 0. The van der Waals surface area contributed by atoms with Crippen LogP contribution < -0.4 is 5.32 Å². The van der Waals surface area contributed by atoms with E-state index in [1.54, 1.807) is 0 Å². The highest BCUT2D eigenvalue weighted by molar-refractivity contribution is 5.74. The standard InChI is InChI=1S/C13H25N3O/c1-11(2)14-13(17)16-9-6-12(10-16)15-7-4-3-5-8-15/h11-12H,3-10H2,1-2H3,(H,14,17). The Labute approximate surface area is 104 Å². The zero-order valence-corrected chi connectivity index (χ0v) is 11.1. The van der Waals surface area contributed by atoms with Gasteiger partial charge in [-0.25, -0.2) is 4.79 Å². The van der Waals surface area contributed by atoms with Gasteiger partial charge in [0, 0.05) is 25.2 Å². The molecule has 2 aliphatic heterocycles. The smallest absolute Gasteiger partial charge is 0.317 e. The van der Waals surface area contributed by atoms with Crippen molar-refractivity contribution in [3.8, 4) is 0 Å². The Balaban J connectivity index is 1.80. The molecule has 4 heteroatoms. The molecular formula is C13H25N3O. The molecule has 1 unspecified atom stereocenters. The normalized spacial score (nSPS) is 26.5. The summed E-state index contributed by atoms with van der Waals surface area (Å²) in [6.07, 6.45) is 5.18. The van der Waals surface area contributed by atoms with Gasteiger partial charge < -0.3 is 10.2 Å². The molecule has 4 nitrogen and oxygen atoms in total. The summed E-state index contributed by atoms with van der Waals surface area (Å²) < 4.78 is 0. The second-order valence-corrected chi connectivity index (χ2v) is 5.59. The van der Waals surface area contributed by atoms with Crippen molar-refractivity contribution in [2.75, 3.05) is 26.2 Å². The molecule has 0 aromatic heterocycles. The van der Waals surface area contributed by atoms with Crippen LogP contribution in [0.4, 0.5) is 4.79 Å². The van der Waals surface area contributed by atoms with Gasteiger partial charge in [0.05, 0.1) is 0 Å². The van der Waals surface area contributed by atoms with Crippen molar-refractivity contribution >= 4 is 6.03 Å². The molecule has 2 heterocycles. The molecule has 0 aromatic rings. The highest BCUT2D eigenvalue weighted by Gasteiger charge is 2.30. The Bertz CT molecular complexity index is 261. The molecule has 2 amide bonds. The first-order valence-corrected chi connectivity index (χ1v) is 6.96. The molecule has 0 saturated carbocycles. The van der Waals surface area contributed by atoms with Crippen molar-refractivity contribution < 1.29 is 4.79 Å². The predicted octanol–water partition coefficient (Wildman–Crippen LogP) is 1.66. The quantitative estimate of drug-likeness (QED) is 0.795. The van der Waals surface area contributed by atoms with Gasteiger partial charge in [-0.3, -0.25) is 4.90 Å². The fourth-order valence-electron chi connectivity index (χ4n) is 2.85. The van der Waals surface area contributed by atoms with E-state index in [9.17, 15) is 4.79 Å². The highest BCUT2D eigenvalue weighted by Crippen LogP contribution is 2.20. The van der Waals surface area contributed by atoms with Crippen molar-refractivity contribution in [1.29, 1.82) is 0 Å². The maximum Gasteiger partial charge on any atom is 0.317 e. The molecular weight excluding hydrogens is 214 g/mol. The molecule has 1 atom stereocenters. The third kappa shape index (κ3) is 3.35. The number of hydrogen-bond acceptors (Lipinski definition) is 2. The second kappa shape index (κ2) is 5.71. The van der Waals surface area contributed by atoms with Crippen molar-refractivity contribution in [1.82, 2.24) is 15.1 Å². The molecule has 0 aromatic carbocycles. The van der Waals surface area contributed by atoms with E-state index in [4.69, 9.17) is 0 Å². The number of urea groups is 1. The minimum absolute atomic E-state index is 0.111. The summed E-state index contributed by atoms with van der Waals surface area (Å²) in [5.41, 5.74) is 0. The Kier molecular flexibility index (Phi) is 4.26. The van der Waals surface area contributed by atoms with Crippen LogP contribution in [0, 0.1) is 0 Å². The maximum atomic E-state index is 11.9. The summed E-state index contributed by atoms with van der Waals surface area (Å²) in [6, 6.07) is 0.948. The van der Waals surface area contributed by atoms with E-state index in [2.05, 4.69) is 10.2 Å². The van der Waals surface area contributed by atoms with Crippen LogP contribution in [0.2, 0.25) is 0 Å². The van der Waals surface area contributed by atoms with Crippen molar-refractivity contribution in [3.05, 3.63) is 0 Å². The van der Waals surface area contributed by atoms with Crippen LogP contribution in [0.15, 0.2) is 0 Å². The molecule has 17 heavy (non-hydrogen) atoms. The molecule has 0 radical (unpaired) electrons. The first-order chi connectivity index (χ1) is 8.16. The SMILES string of the molecule is CC(C)NC(=O)N1CCC(N2CCCCC2)C1. The highest BCUT2D eigenvalue weighted by atomic mass is 16.2. The molecule has 2 aliphatic rings. The van der Waals surface area contributed by atoms with E-state index in [1.807, 2.05) is 18.7 Å². The predicted molar refractivity (Wildman–Crippen MR) is 69.1 cm³/mol. The Morgan fingerprint density at radius 1 is 1.18 bits per heavy atom.